The van der Waals surface area contributed by atoms with Gasteiger partial charge in [0.05, 0.1) is 25.2 Å². The summed E-state index contributed by atoms with van der Waals surface area (Å²) >= 11 is 0. The monoisotopic (exact) mass is 651 g/mol. The zero-order chi connectivity index (χ0) is 34.0. The van der Waals surface area contributed by atoms with Crippen molar-refractivity contribution in [2.45, 2.75) is 113 Å². The fourth-order valence-corrected chi connectivity index (χ4v) is 6.07. The smallest absolute Gasteiger partial charge is 0.408 e. The van der Waals surface area contributed by atoms with E-state index in [1.54, 1.807) is 57.2 Å². The molecule has 1 aromatic carbocycles. The first-order valence-corrected chi connectivity index (χ1v) is 15.4. The zero-order valence-corrected chi connectivity index (χ0v) is 26.9. The van der Waals surface area contributed by atoms with E-state index < -0.39 is 84.4 Å². The van der Waals surface area contributed by atoms with Gasteiger partial charge in [0.1, 0.15) is 41.4 Å². The Morgan fingerprint density at radius 3 is 2.26 bits per heavy atom. The number of hydrogen-bond donors (Lipinski definition) is 7. The molecule has 10 N–H and O–H groups in total. The van der Waals surface area contributed by atoms with Gasteiger partial charge in [-0.3, -0.25) is 4.79 Å². The van der Waals surface area contributed by atoms with Crippen LogP contribution in [0.15, 0.2) is 42.2 Å². The summed E-state index contributed by atoms with van der Waals surface area (Å²) in [6.45, 7) is 6.46. The molecular weight excluding hydrogens is 602 g/mol. The van der Waals surface area contributed by atoms with Gasteiger partial charge >= 0.3 is 6.09 Å². The van der Waals surface area contributed by atoms with Crippen molar-refractivity contribution < 1.29 is 48.6 Å². The number of aliphatic hydroxyl groups excluding tert-OH is 2. The van der Waals surface area contributed by atoms with Crippen LogP contribution in [0, 0.1) is 0 Å². The van der Waals surface area contributed by atoms with E-state index in [4.69, 9.17) is 40.9 Å². The van der Waals surface area contributed by atoms with Gasteiger partial charge in [-0.2, -0.15) is 0 Å². The van der Waals surface area contributed by atoms with Gasteiger partial charge in [0.25, 0.3) is 5.91 Å². The summed E-state index contributed by atoms with van der Waals surface area (Å²) in [5, 5.41) is 36.8. The second-order valence-electron chi connectivity index (χ2n) is 13.4. The molecule has 15 heteroatoms. The minimum Gasteiger partial charge on any atom is -0.466 e. The summed E-state index contributed by atoms with van der Waals surface area (Å²) in [6.07, 6.45) is -6.15. The summed E-state index contributed by atoms with van der Waals surface area (Å²) in [5.74, 6) is 0.00828. The Morgan fingerprint density at radius 1 is 1.07 bits per heavy atom. The molecule has 1 aromatic rings. The van der Waals surface area contributed by atoms with Crippen LogP contribution in [0.1, 0.15) is 50.9 Å². The third kappa shape index (κ3) is 8.34. The number of carbonyl (C=O) groups is 2. The SMILES string of the molecule is CN(C(=O)c1ccccc1)[C@@H]1[C@@H](O)[C@@H](O[C@@H]2[C@@H](O)[C@H](O[C@H]3OC(CN)=CC[C@H]3NC(=O)OC(C)(C)C)[C@@H](N)C[C@H]2N)OC[C@]1(C)O. The molecule has 15 nitrogen and oxygen atoms in total. The summed E-state index contributed by atoms with van der Waals surface area (Å²) in [6, 6.07) is 5.05. The van der Waals surface area contributed by atoms with Gasteiger partial charge in [0.2, 0.25) is 6.29 Å². The Labute approximate surface area is 268 Å². The molecule has 4 rings (SSSR count). The summed E-state index contributed by atoms with van der Waals surface area (Å²) in [4.78, 5) is 27.0. The van der Waals surface area contributed by atoms with Crippen molar-refractivity contribution >= 4 is 12.0 Å². The molecule has 0 unspecified atom stereocenters. The molecule has 11 atom stereocenters. The third-order valence-electron chi connectivity index (χ3n) is 8.28. The maximum Gasteiger partial charge on any atom is 0.408 e. The van der Waals surface area contributed by atoms with Crippen LogP contribution in [0.3, 0.4) is 0 Å². The number of benzene rings is 1. The molecule has 0 spiro atoms. The van der Waals surface area contributed by atoms with Crippen LogP contribution in [0.4, 0.5) is 4.79 Å². The number of nitrogens with two attached hydrogens (primary N) is 3. The van der Waals surface area contributed by atoms with E-state index in [0.29, 0.717) is 17.7 Å². The van der Waals surface area contributed by atoms with E-state index in [2.05, 4.69) is 5.32 Å². The lowest BCUT2D eigenvalue weighted by molar-refractivity contribution is -0.309. The number of alkyl carbamates (subject to hydrolysis) is 1. The highest BCUT2D eigenvalue weighted by molar-refractivity contribution is 5.94. The van der Waals surface area contributed by atoms with Gasteiger partial charge in [-0.25, -0.2) is 4.79 Å². The number of amides is 2. The van der Waals surface area contributed by atoms with Crippen molar-refractivity contribution in [3.8, 4) is 0 Å². The molecule has 258 valence electrons. The number of likely N-dealkylation sites (N-methyl/N-ethyl adjacent to an activating group) is 1. The predicted molar refractivity (Wildman–Crippen MR) is 165 cm³/mol. The van der Waals surface area contributed by atoms with Crippen molar-refractivity contribution in [1.29, 1.82) is 0 Å². The van der Waals surface area contributed by atoms with E-state index in [1.807, 2.05) is 0 Å². The lowest BCUT2D eigenvalue weighted by Gasteiger charge is -2.50. The molecule has 2 heterocycles. The molecule has 2 fully saturated rings. The molecule has 0 aromatic heterocycles. The fraction of sp³-hybridized carbons (Fsp3) is 0.677. The van der Waals surface area contributed by atoms with Gasteiger partial charge < -0.3 is 66.4 Å². The lowest BCUT2D eigenvalue weighted by atomic mass is 9.84. The number of ether oxygens (including phenoxy) is 5. The summed E-state index contributed by atoms with van der Waals surface area (Å²) in [7, 11) is 1.47. The van der Waals surface area contributed by atoms with Crippen LogP contribution in [0.5, 0.6) is 0 Å². The number of carbonyl (C=O) groups excluding carboxylic acids is 2. The first-order chi connectivity index (χ1) is 21.5. The molecule has 2 aliphatic heterocycles. The van der Waals surface area contributed by atoms with Gasteiger partial charge in [0, 0.05) is 24.7 Å². The van der Waals surface area contributed by atoms with E-state index in [9.17, 15) is 24.9 Å². The molecule has 0 radical (unpaired) electrons. The molecule has 3 aliphatic rings. The average Bonchev–Trinajstić information content (AvgIpc) is 2.97. The topological polar surface area (TPSA) is 234 Å². The minimum absolute atomic E-state index is 0.0813. The highest BCUT2D eigenvalue weighted by Gasteiger charge is 2.53. The molecule has 0 bridgehead atoms. The minimum atomic E-state index is -1.64. The highest BCUT2D eigenvalue weighted by atomic mass is 16.7. The number of nitrogens with zero attached hydrogens (tertiary/aromatic N) is 1. The van der Waals surface area contributed by atoms with Crippen LogP contribution in [-0.2, 0) is 23.7 Å². The number of nitrogens with one attached hydrogen (secondary N) is 1. The normalized spacial score (nSPS) is 36.6. The highest BCUT2D eigenvalue weighted by Crippen LogP contribution is 2.33. The molecular formula is C31H49N5O10. The Hall–Kier alpha value is -2.86. The van der Waals surface area contributed by atoms with Crippen LogP contribution in [0.25, 0.3) is 0 Å². The van der Waals surface area contributed by atoms with E-state index in [1.165, 1.54) is 18.9 Å². The van der Waals surface area contributed by atoms with Crippen LogP contribution in [-0.4, -0.2) is 125 Å². The van der Waals surface area contributed by atoms with E-state index in [-0.39, 0.29) is 19.6 Å². The Balaban J connectivity index is 1.49. The maximum atomic E-state index is 13.2. The van der Waals surface area contributed by atoms with Crippen LogP contribution in [0.2, 0.25) is 0 Å². The van der Waals surface area contributed by atoms with Crippen molar-refractivity contribution in [3.63, 3.8) is 0 Å². The second kappa shape index (κ2) is 14.5. The van der Waals surface area contributed by atoms with Crippen LogP contribution < -0.4 is 22.5 Å². The van der Waals surface area contributed by atoms with Crippen molar-refractivity contribution in [1.82, 2.24) is 10.2 Å². The third-order valence-corrected chi connectivity index (χ3v) is 8.28. The van der Waals surface area contributed by atoms with Gasteiger partial charge in [-0.15, -0.1) is 0 Å². The first-order valence-electron chi connectivity index (χ1n) is 15.4. The Bertz CT molecular complexity index is 1230. The van der Waals surface area contributed by atoms with E-state index >= 15 is 0 Å². The zero-order valence-electron chi connectivity index (χ0n) is 26.9. The van der Waals surface area contributed by atoms with Crippen LogP contribution >= 0.6 is 0 Å². The Morgan fingerprint density at radius 2 is 1.67 bits per heavy atom. The van der Waals surface area contributed by atoms with Gasteiger partial charge in [-0.05, 0) is 58.7 Å². The van der Waals surface area contributed by atoms with E-state index in [0.717, 1.165) is 0 Å². The summed E-state index contributed by atoms with van der Waals surface area (Å²) < 4.78 is 29.3. The largest absolute Gasteiger partial charge is 0.466 e. The summed E-state index contributed by atoms with van der Waals surface area (Å²) in [5.41, 5.74) is 16.6. The lowest BCUT2D eigenvalue weighted by Crippen LogP contribution is -2.69. The van der Waals surface area contributed by atoms with Crippen molar-refractivity contribution in [2.75, 3.05) is 20.2 Å². The first kappa shape index (κ1) is 36.0. The molecule has 2 amide bonds. The second-order valence-corrected chi connectivity index (χ2v) is 13.4. The number of hydrogen-bond acceptors (Lipinski definition) is 13. The number of rotatable bonds is 8. The van der Waals surface area contributed by atoms with Gasteiger partial charge in [-0.1, -0.05) is 18.2 Å². The molecule has 1 saturated carbocycles. The molecule has 1 saturated heterocycles. The van der Waals surface area contributed by atoms with Gasteiger partial charge in [0.15, 0.2) is 6.29 Å². The van der Waals surface area contributed by atoms with Crippen molar-refractivity contribution in [3.05, 3.63) is 47.7 Å². The average molecular weight is 652 g/mol. The number of aliphatic hydroxyl groups is 3. The standard InChI is InChI=1S/C31H49N5O10/c1-30(2,3)46-29(40)35-20-12-11-17(14-32)43-27(20)44-23-18(33)13-19(34)24(21(23)37)45-28-22(38)25(31(4,41)15-42-28)36(5)26(39)16-9-7-6-8-10-16/h6-11,18-25,27-28,37-38,41H,12-15,32-34H2,1-5H3,(H,35,40)/t18-,19+,20+,21-,22+,23+,24-,25+,27+,28+,31-/m0/s1. The fourth-order valence-electron chi connectivity index (χ4n) is 6.07. The quantitative estimate of drug-likeness (QED) is 0.184. The van der Waals surface area contributed by atoms with Crippen molar-refractivity contribution in [2.24, 2.45) is 17.2 Å². The Kier molecular flexibility index (Phi) is 11.3. The molecule has 1 aliphatic carbocycles. The molecule has 46 heavy (non-hydrogen) atoms. The predicted octanol–water partition coefficient (Wildman–Crippen LogP) is -0.733. The maximum absolute atomic E-state index is 13.2.